The highest BCUT2D eigenvalue weighted by molar-refractivity contribution is 5.81. The van der Waals surface area contributed by atoms with Crippen molar-refractivity contribution in [2.75, 3.05) is 38.1 Å². The van der Waals surface area contributed by atoms with Crippen molar-refractivity contribution >= 4 is 11.7 Å². The van der Waals surface area contributed by atoms with Crippen LogP contribution in [0.1, 0.15) is 43.5 Å². The van der Waals surface area contributed by atoms with E-state index in [2.05, 4.69) is 39.1 Å². The molecule has 1 atom stereocenters. The first-order chi connectivity index (χ1) is 12.0. The highest BCUT2D eigenvalue weighted by Crippen LogP contribution is 2.24. The zero-order valence-electron chi connectivity index (χ0n) is 15.8. The summed E-state index contributed by atoms with van der Waals surface area (Å²) in [4.78, 5) is 25.9. The van der Waals surface area contributed by atoms with Crippen molar-refractivity contribution in [1.29, 1.82) is 0 Å². The van der Waals surface area contributed by atoms with Gasteiger partial charge in [0.1, 0.15) is 11.6 Å². The van der Waals surface area contributed by atoms with E-state index in [-0.39, 0.29) is 11.9 Å². The fourth-order valence-corrected chi connectivity index (χ4v) is 3.96. The van der Waals surface area contributed by atoms with Gasteiger partial charge in [0.2, 0.25) is 5.91 Å². The predicted octanol–water partition coefficient (Wildman–Crippen LogP) is 1.91. The number of amides is 1. The van der Waals surface area contributed by atoms with E-state index in [0.717, 1.165) is 62.6 Å². The molecule has 3 heterocycles. The third kappa shape index (κ3) is 4.48. The predicted molar refractivity (Wildman–Crippen MR) is 99.7 cm³/mol. The van der Waals surface area contributed by atoms with Crippen molar-refractivity contribution in [2.24, 2.45) is 5.92 Å². The fraction of sp³-hybridized carbons (Fsp3) is 0.737. The van der Waals surface area contributed by atoms with Gasteiger partial charge in [-0.05, 0) is 59.0 Å². The van der Waals surface area contributed by atoms with Crippen molar-refractivity contribution < 1.29 is 4.79 Å². The second kappa shape index (κ2) is 8.13. The molecule has 6 nitrogen and oxygen atoms in total. The molecule has 1 aromatic rings. The number of carbonyl (C=O) groups excluding carboxylic acids is 1. The molecule has 1 aromatic heterocycles. The van der Waals surface area contributed by atoms with Gasteiger partial charge in [0.15, 0.2) is 0 Å². The molecule has 0 saturated carbocycles. The molecule has 0 spiro atoms. The van der Waals surface area contributed by atoms with Crippen LogP contribution in [0.15, 0.2) is 6.20 Å². The minimum Gasteiger partial charge on any atom is -0.356 e. The van der Waals surface area contributed by atoms with Gasteiger partial charge in [0.25, 0.3) is 0 Å². The minimum atomic E-state index is 0.0699. The van der Waals surface area contributed by atoms with E-state index >= 15 is 0 Å². The van der Waals surface area contributed by atoms with Crippen LogP contribution < -0.4 is 10.2 Å². The average Bonchev–Trinajstić information content (AvgIpc) is 2.62. The summed E-state index contributed by atoms with van der Waals surface area (Å²) >= 11 is 0. The van der Waals surface area contributed by atoms with Gasteiger partial charge in [-0.15, -0.1) is 0 Å². The average molecular weight is 345 g/mol. The van der Waals surface area contributed by atoms with Gasteiger partial charge in [-0.1, -0.05) is 6.42 Å². The maximum atomic E-state index is 12.4. The number of carbonyl (C=O) groups is 1. The quantitative estimate of drug-likeness (QED) is 0.903. The Morgan fingerprint density at radius 1 is 1.20 bits per heavy atom. The number of aryl methyl sites for hydroxylation is 2. The normalized spacial score (nSPS) is 22.8. The summed E-state index contributed by atoms with van der Waals surface area (Å²) in [5, 5.41) is 3.20. The number of anilines is 1. The first kappa shape index (κ1) is 18.1. The number of hydrogen-bond acceptors (Lipinski definition) is 5. The zero-order valence-corrected chi connectivity index (χ0v) is 15.8. The lowest BCUT2D eigenvalue weighted by atomic mass is 9.96. The molecular weight excluding hydrogens is 314 g/mol. The van der Waals surface area contributed by atoms with Crippen molar-refractivity contribution in [3.8, 4) is 0 Å². The summed E-state index contributed by atoms with van der Waals surface area (Å²) < 4.78 is 0. The lowest BCUT2D eigenvalue weighted by Crippen LogP contribution is -2.49. The van der Waals surface area contributed by atoms with Crippen LogP contribution in [0.4, 0.5) is 5.82 Å². The fourth-order valence-electron chi connectivity index (χ4n) is 3.96. The summed E-state index contributed by atoms with van der Waals surface area (Å²) in [6.07, 6.45) is 7.48. The molecule has 3 rings (SSSR count). The number of nitrogens with zero attached hydrogens (tertiary/aromatic N) is 4. The summed E-state index contributed by atoms with van der Waals surface area (Å²) in [5.41, 5.74) is 1.14. The van der Waals surface area contributed by atoms with Crippen LogP contribution >= 0.6 is 0 Å². The maximum absolute atomic E-state index is 12.4. The first-order valence-electron chi connectivity index (χ1n) is 9.57. The molecule has 0 bridgehead atoms. The van der Waals surface area contributed by atoms with Crippen LogP contribution in [0.3, 0.4) is 0 Å². The molecule has 25 heavy (non-hydrogen) atoms. The van der Waals surface area contributed by atoms with Crippen LogP contribution in [0.25, 0.3) is 0 Å². The largest absolute Gasteiger partial charge is 0.356 e. The molecule has 2 saturated heterocycles. The van der Waals surface area contributed by atoms with Gasteiger partial charge in [-0.2, -0.15) is 0 Å². The molecule has 1 amide bonds. The van der Waals surface area contributed by atoms with Crippen LogP contribution in [0.2, 0.25) is 0 Å². The summed E-state index contributed by atoms with van der Waals surface area (Å²) in [7, 11) is 2.06. The Hall–Kier alpha value is -1.69. The lowest BCUT2D eigenvalue weighted by Gasteiger charge is -2.35. The van der Waals surface area contributed by atoms with E-state index in [4.69, 9.17) is 0 Å². The number of aromatic nitrogens is 2. The highest BCUT2D eigenvalue weighted by atomic mass is 16.2. The topological polar surface area (TPSA) is 61.4 Å². The second-order valence-corrected chi connectivity index (χ2v) is 7.59. The Balaban J connectivity index is 1.46. The smallest absolute Gasteiger partial charge is 0.237 e. The van der Waals surface area contributed by atoms with E-state index in [1.54, 1.807) is 0 Å². The van der Waals surface area contributed by atoms with Gasteiger partial charge in [0, 0.05) is 31.4 Å². The van der Waals surface area contributed by atoms with Gasteiger partial charge >= 0.3 is 0 Å². The first-order valence-corrected chi connectivity index (χ1v) is 9.57. The van der Waals surface area contributed by atoms with E-state index in [0.29, 0.717) is 5.92 Å². The van der Waals surface area contributed by atoms with Crippen LogP contribution in [-0.4, -0.2) is 60.0 Å². The third-order valence-electron chi connectivity index (χ3n) is 5.62. The molecular formula is C19H31N5O. The van der Waals surface area contributed by atoms with Gasteiger partial charge in [-0.25, -0.2) is 9.97 Å². The van der Waals surface area contributed by atoms with Gasteiger partial charge in [-0.3, -0.25) is 9.69 Å². The van der Waals surface area contributed by atoms with Gasteiger partial charge in [0.05, 0.1) is 6.04 Å². The Bertz CT molecular complexity index is 597. The molecule has 2 aliphatic heterocycles. The van der Waals surface area contributed by atoms with Crippen LogP contribution in [0, 0.1) is 19.8 Å². The third-order valence-corrected chi connectivity index (χ3v) is 5.62. The highest BCUT2D eigenvalue weighted by Gasteiger charge is 2.27. The Kier molecular flexibility index (Phi) is 5.89. The summed E-state index contributed by atoms with van der Waals surface area (Å²) in [5.74, 6) is 2.68. The standard InChI is InChI=1S/C19H31N5O/c1-14-12-20-15(2)22-18(14)24-10-7-16(8-11-24)13-21-19(25)17-6-4-5-9-23(17)3/h12,16-17H,4-11,13H2,1-3H3,(H,21,25)/t17-/m0/s1. The number of rotatable bonds is 4. The molecule has 0 radical (unpaired) electrons. The minimum absolute atomic E-state index is 0.0699. The SMILES string of the molecule is Cc1ncc(C)c(N2CCC(CNC(=O)[C@@H]3CCCCN3C)CC2)n1. The monoisotopic (exact) mass is 345 g/mol. The van der Waals surface area contributed by atoms with Crippen LogP contribution in [0.5, 0.6) is 0 Å². The number of nitrogens with one attached hydrogen (secondary N) is 1. The van der Waals surface area contributed by atoms with Crippen molar-refractivity contribution in [1.82, 2.24) is 20.2 Å². The lowest BCUT2D eigenvalue weighted by molar-refractivity contribution is -0.127. The Morgan fingerprint density at radius 3 is 2.68 bits per heavy atom. The molecule has 0 aliphatic carbocycles. The molecule has 138 valence electrons. The van der Waals surface area contributed by atoms with Crippen molar-refractivity contribution in [3.05, 3.63) is 17.6 Å². The second-order valence-electron chi connectivity index (χ2n) is 7.59. The molecule has 6 heteroatoms. The molecule has 2 aliphatic rings. The zero-order chi connectivity index (χ0) is 17.8. The molecule has 2 fully saturated rings. The summed E-state index contributed by atoms with van der Waals surface area (Å²) in [6.45, 7) is 7.85. The van der Waals surface area contributed by atoms with E-state index < -0.39 is 0 Å². The molecule has 0 aromatic carbocycles. The Morgan fingerprint density at radius 2 is 1.96 bits per heavy atom. The number of hydrogen-bond donors (Lipinski definition) is 1. The van der Waals surface area contributed by atoms with Crippen LogP contribution in [-0.2, 0) is 4.79 Å². The van der Waals surface area contributed by atoms with E-state index in [9.17, 15) is 4.79 Å². The number of likely N-dealkylation sites (tertiary alicyclic amines) is 1. The van der Waals surface area contributed by atoms with E-state index in [1.807, 2.05) is 13.1 Å². The summed E-state index contributed by atoms with van der Waals surface area (Å²) in [6, 6.07) is 0.0699. The maximum Gasteiger partial charge on any atom is 0.237 e. The van der Waals surface area contributed by atoms with Crippen molar-refractivity contribution in [3.63, 3.8) is 0 Å². The van der Waals surface area contributed by atoms with E-state index in [1.165, 1.54) is 12.8 Å². The molecule has 1 N–H and O–H groups in total. The van der Waals surface area contributed by atoms with Gasteiger partial charge < -0.3 is 10.2 Å². The molecule has 0 unspecified atom stereocenters. The number of likely N-dealkylation sites (N-methyl/N-ethyl adjacent to an activating group) is 1. The Labute approximate surface area is 151 Å². The van der Waals surface area contributed by atoms with Crippen molar-refractivity contribution in [2.45, 2.75) is 52.0 Å². The number of piperidine rings is 2.